The van der Waals surface area contributed by atoms with Gasteiger partial charge in [0, 0.05) is 11.8 Å². The second kappa shape index (κ2) is 9.97. The highest BCUT2D eigenvalue weighted by Gasteiger charge is 2.13. The number of pyridine rings is 1. The second-order valence-electron chi connectivity index (χ2n) is 7.09. The first-order valence-corrected chi connectivity index (χ1v) is 10.2. The van der Waals surface area contributed by atoms with Crippen LogP contribution < -0.4 is 4.74 Å². The predicted molar refractivity (Wildman–Crippen MR) is 114 cm³/mol. The summed E-state index contributed by atoms with van der Waals surface area (Å²) in [6.45, 7) is 4.22. The van der Waals surface area contributed by atoms with Crippen molar-refractivity contribution < 1.29 is 13.9 Å². The van der Waals surface area contributed by atoms with Crippen molar-refractivity contribution in [1.82, 2.24) is 4.98 Å². The van der Waals surface area contributed by atoms with E-state index in [0.29, 0.717) is 5.56 Å². The van der Waals surface area contributed by atoms with Gasteiger partial charge < -0.3 is 4.74 Å². The van der Waals surface area contributed by atoms with Gasteiger partial charge in [0.05, 0.1) is 11.3 Å². The molecule has 1 heterocycles. The molecule has 0 atom stereocenters. The van der Waals surface area contributed by atoms with Crippen LogP contribution in [0.4, 0.5) is 4.39 Å². The van der Waals surface area contributed by atoms with Gasteiger partial charge in [-0.3, -0.25) is 4.98 Å². The van der Waals surface area contributed by atoms with Crippen LogP contribution in [0.15, 0.2) is 60.8 Å². The quantitative estimate of drug-likeness (QED) is 0.253. The number of aromatic nitrogens is 1. The Hall–Kier alpha value is -3.01. The minimum atomic E-state index is -0.580. The fraction of sp³-hybridized carbons (Fsp3) is 0.280. The summed E-state index contributed by atoms with van der Waals surface area (Å²) in [6.07, 6.45) is 6.88. The van der Waals surface area contributed by atoms with Gasteiger partial charge in [0.2, 0.25) is 0 Å². The minimum absolute atomic E-state index is 0.0462. The molecule has 3 aromatic rings. The lowest BCUT2D eigenvalue weighted by Gasteiger charge is -2.08. The normalized spacial score (nSPS) is 10.7. The van der Waals surface area contributed by atoms with Crippen molar-refractivity contribution in [3.63, 3.8) is 0 Å². The van der Waals surface area contributed by atoms with Crippen LogP contribution in [-0.2, 0) is 12.8 Å². The molecule has 1 aromatic heterocycles. The minimum Gasteiger partial charge on any atom is -0.420 e. The van der Waals surface area contributed by atoms with Crippen LogP contribution in [0.3, 0.4) is 0 Å². The number of rotatable bonds is 8. The molecule has 4 heteroatoms. The van der Waals surface area contributed by atoms with Gasteiger partial charge in [-0.05, 0) is 60.7 Å². The summed E-state index contributed by atoms with van der Waals surface area (Å²) in [5.74, 6) is -1.14. The molecule has 0 unspecified atom stereocenters. The van der Waals surface area contributed by atoms with Crippen molar-refractivity contribution in [3.8, 4) is 17.0 Å². The number of esters is 1. The molecular formula is C25H26FNO2. The number of aryl methyl sites for hydroxylation is 2. The summed E-state index contributed by atoms with van der Waals surface area (Å²) in [5.41, 5.74) is 4.21. The molecule has 0 aliphatic heterocycles. The van der Waals surface area contributed by atoms with Gasteiger partial charge in [0.25, 0.3) is 0 Å². The number of hydrogen-bond acceptors (Lipinski definition) is 3. The van der Waals surface area contributed by atoms with Crippen LogP contribution in [0.1, 0.15) is 54.6 Å². The van der Waals surface area contributed by atoms with E-state index in [0.717, 1.165) is 48.9 Å². The number of halogens is 1. The monoisotopic (exact) mass is 391 g/mol. The Balaban J connectivity index is 1.66. The van der Waals surface area contributed by atoms with Crippen LogP contribution in [0.5, 0.6) is 5.75 Å². The van der Waals surface area contributed by atoms with Gasteiger partial charge in [-0.1, -0.05) is 51.0 Å². The standard InChI is InChI=1S/C25H26FNO2/c1-3-5-6-7-19-9-15-24(22(26)16-19)29-25(28)21-12-10-20(11-13-21)23-14-8-18(4-2)17-27-23/h8-17H,3-7H2,1-2H3. The lowest BCUT2D eigenvalue weighted by atomic mass is 10.1. The van der Waals surface area contributed by atoms with Crippen molar-refractivity contribution >= 4 is 5.97 Å². The van der Waals surface area contributed by atoms with Crippen LogP contribution in [0, 0.1) is 5.82 Å². The summed E-state index contributed by atoms with van der Waals surface area (Å²) >= 11 is 0. The van der Waals surface area contributed by atoms with Crippen molar-refractivity contribution in [3.05, 3.63) is 83.3 Å². The third kappa shape index (κ3) is 5.50. The molecule has 0 saturated carbocycles. The Morgan fingerprint density at radius 1 is 0.966 bits per heavy atom. The molecule has 0 saturated heterocycles. The maximum absolute atomic E-state index is 14.3. The topological polar surface area (TPSA) is 39.2 Å². The number of ether oxygens (including phenoxy) is 1. The Kier molecular flexibility index (Phi) is 7.12. The number of carbonyl (C=O) groups excluding carboxylic acids is 1. The largest absolute Gasteiger partial charge is 0.420 e. The molecule has 3 nitrogen and oxygen atoms in total. The van der Waals surface area contributed by atoms with Crippen molar-refractivity contribution in [2.45, 2.75) is 46.0 Å². The number of nitrogens with zero attached hydrogens (tertiary/aromatic N) is 1. The van der Waals surface area contributed by atoms with E-state index in [4.69, 9.17) is 4.74 Å². The summed E-state index contributed by atoms with van der Waals surface area (Å²) in [6, 6.07) is 15.8. The van der Waals surface area contributed by atoms with Crippen molar-refractivity contribution in [2.75, 3.05) is 0 Å². The molecule has 29 heavy (non-hydrogen) atoms. The summed E-state index contributed by atoms with van der Waals surface area (Å²) < 4.78 is 19.6. The van der Waals surface area contributed by atoms with E-state index in [2.05, 4.69) is 18.8 Å². The maximum Gasteiger partial charge on any atom is 0.343 e. The highest BCUT2D eigenvalue weighted by atomic mass is 19.1. The third-order valence-corrected chi connectivity index (χ3v) is 4.92. The molecule has 0 radical (unpaired) electrons. The predicted octanol–water partition coefficient (Wildman–Crippen LogP) is 6.40. The van der Waals surface area contributed by atoms with E-state index in [9.17, 15) is 9.18 Å². The first-order valence-electron chi connectivity index (χ1n) is 10.2. The van der Waals surface area contributed by atoms with Gasteiger partial charge in [0.1, 0.15) is 0 Å². The fourth-order valence-electron chi connectivity index (χ4n) is 3.10. The molecule has 0 spiro atoms. The Labute approximate surface area is 171 Å². The van der Waals surface area contributed by atoms with Gasteiger partial charge in [0.15, 0.2) is 11.6 Å². The van der Waals surface area contributed by atoms with Crippen molar-refractivity contribution in [1.29, 1.82) is 0 Å². The summed E-state index contributed by atoms with van der Waals surface area (Å²) in [5, 5.41) is 0. The van der Waals surface area contributed by atoms with E-state index in [1.807, 2.05) is 36.5 Å². The molecule has 0 aliphatic rings. The summed E-state index contributed by atoms with van der Waals surface area (Å²) in [4.78, 5) is 16.8. The first kappa shape index (κ1) is 20.7. The van der Waals surface area contributed by atoms with Gasteiger partial charge in [-0.15, -0.1) is 0 Å². The number of unbranched alkanes of at least 4 members (excludes halogenated alkanes) is 2. The highest BCUT2D eigenvalue weighted by Crippen LogP contribution is 2.22. The molecule has 0 amide bonds. The Morgan fingerprint density at radius 2 is 1.72 bits per heavy atom. The smallest absolute Gasteiger partial charge is 0.343 e. The molecule has 0 N–H and O–H groups in total. The Bertz CT molecular complexity index is 950. The molecule has 2 aromatic carbocycles. The molecule has 0 fully saturated rings. The average Bonchev–Trinajstić information content (AvgIpc) is 2.76. The molecule has 0 bridgehead atoms. The number of carbonyl (C=O) groups is 1. The summed E-state index contributed by atoms with van der Waals surface area (Å²) in [7, 11) is 0. The molecule has 150 valence electrons. The Morgan fingerprint density at radius 3 is 2.34 bits per heavy atom. The zero-order valence-corrected chi connectivity index (χ0v) is 17.0. The van der Waals surface area contributed by atoms with E-state index in [1.54, 1.807) is 12.1 Å². The molecule has 3 rings (SSSR count). The zero-order valence-electron chi connectivity index (χ0n) is 17.0. The molecule has 0 aliphatic carbocycles. The average molecular weight is 391 g/mol. The highest BCUT2D eigenvalue weighted by molar-refractivity contribution is 5.91. The number of hydrogen-bond donors (Lipinski definition) is 0. The maximum atomic E-state index is 14.3. The van der Waals surface area contributed by atoms with Crippen LogP contribution in [0.2, 0.25) is 0 Å². The SMILES string of the molecule is CCCCCc1ccc(OC(=O)c2ccc(-c3ccc(CC)cn3)cc2)c(F)c1. The lowest BCUT2D eigenvalue weighted by molar-refractivity contribution is 0.0728. The van der Waals surface area contributed by atoms with Crippen LogP contribution in [0.25, 0.3) is 11.3 Å². The van der Waals surface area contributed by atoms with Gasteiger partial charge in [-0.2, -0.15) is 0 Å². The van der Waals surface area contributed by atoms with E-state index in [1.165, 1.54) is 17.7 Å². The fourth-order valence-corrected chi connectivity index (χ4v) is 3.10. The van der Waals surface area contributed by atoms with Gasteiger partial charge >= 0.3 is 5.97 Å². The first-order chi connectivity index (χ1) is 14.1. The van der Waals surface area contributed by atoms with E-state index in [-0.39, 0.29) is 5.75 Å². The van der Waals surface area contributed by atoms with E-state index >= 15 is 0 Å². The van der Waals surface area contributed by atoms with Crippen LogP contribution >= 0.6 is 0 Å². The third-order valence-electron chi connectivity index (χ3n) is 4.92. The van der Waals surface area contributed by atoms with Crippen molar-refractivity contribution in [2.24, 2.45) is 0 Å². The second-order valence-corrected chi connectivity index (χ2v) is 7.09. The van der Waals surface area contributed by atoms with E-state index < -0.39 is 11.8 Å². The van der Waals surface area contributed by atoms with Gasteiger partial charge in [-0.25, -0.2) is 9.18 Å². The zero-order chi connectivity index (χ0) is 20.6. The number of benzene rings is 2. The molecular weight excluding hydrogens is 365 g/mol. The lowest BCUT2D eigenvalue weighted by Crippen LogP contribution is -2.09. The van der Waals surface area contributed by atoms with Crippen LogP contribution in [-0.4, -0.2) is 11.0 Å².